The van der Waals surface area contributed by atoms with E-state index in [9.17, 15) is 9.36 Å². The zero-order valence-corrected chi connectivity index (χ0v) is 15.8. The highest BCUT2D eigenvalue weighted by Crippen LogP contribution is 2.47. The summed E-state index contributed by atoms with van der Waals surface area (Å²) in [4.78, 5) is 22.7. The van der Waals surface area contributed by atoms with Gasteiger partial charge in [-0.3, -0.25) is 9.36 Å². The highest BCUT2D eigenvalue weighted by molar-refractivity contribution is 7.53. The van der Waals surface area contributed by atoms with Gasteiger partial charge < -0.3 is 28.7 Å². The van der Waals surface area contributed by atoms with Crippen LogP contribution < -0.4 is 10.9 Å². The molecule has 0 aliphatic carbocycles. The van der Waals surface area contributed by atoms with Crippen molar-refractivity contribution in [1.82, 2.24) is 24.8 Å². The summed E-state index contributed by atoms with van der Waals surface area (Å²) >= 11 is 0. The van der Waals surface area contributed by atoms with Crippen LogP contribution in [0.5, 0.6) is 0 Å². The monoisotopic (exact) mass is 385 g/mol. The number of aromatic nitrogens is 4. The molecule has 0 amide bonds. The first-order valence-electron chi connectivity index (χ1n) is 8.68. The summed E-state index contributed by atoms with van der Waals surface area (Å²) < 4.78 is 30.9. The first-order valence-corrected chi connectivity index (χ1v) is 10.4. The fraction of sp³-hybridized carbons (Fsp3) is 0.667. The molecule has 0 bridgehead atoms. The molecule has 2 atom stereocenters. The van der Waals surface area contributed by atoms with E-state index in [1.54, 1.807) is 20.2 Å². The Morgan fingerprint density at radius 3 is 2.77 bits per heavy atom. The molecule has 0 aromatic carbocycles. The van der Waals surface area contributed by atoms with Crippen molar-refractivity contribution in [1.29, 1.82) is 0 Å². The standard InChI is InChI=1S/C15H24N5O5P/c1-3-24-26(22,25-4-2)6-5-23-12-8-16-7-11(12)20-10-19-13-14(20)17-9-18-15(13)21/h9-12,16H,3-8H2,1-2H3,(H,17,18,21)/t11-,12-/m1/s1. The van der Waals surface area contributed by atoms with Gasteiger partial charge in [0.1, 0.15) is 0 Å². The van der Waals surface area contributed by atoms with Crippen molar-refractivity contribution in [3.63, 3.8) is 0 Å². The molecular weight excluding hydrogens is 361 g/mol. The zero-order chi connectivity index (χ0) is 18.6. The van der Waals surface area contributed by atoms with Crippen molar-refractivity contribution in [3.05, 3.63) is 23.0 Å². The van der Waals surface area contributed by atoms with E-state index in [0.29, 0.717) is 37.5 Å². The predicted octanol–water partition coefficient (Wildman–Crippen LogP) is 0.915. The number of ether oxygens (including phenoxy) is 1. The van der Waals surface area contributed by atoms with Crippen molar-refractivity contribution in [2.45, 2.75) is 26.0 Å². The molecule has 1 fully saturated rings. The maximum Gasteiger partial charge on any atom is 0.332 e. The summed E-state index contributed by atoms with van der Waals surface area (Å²) in [6.07, 6.45) is 3.00. The van der Waals surface area contributed by atoms with Crippen LogP contribution in [0.2, 0.25) is 0 Å². The van der Waals surface area contributed by atoms with Gasteiger partial charge in [-0.15, -0.1) is 0 Å². The second kappa shape index (κ2) is 8.41. The van der Waals surface area contributed by atoms with Crippen LogP contribution in [0.4, 0.5) is 0 Å². The Labute approximate surface area is 150 Å². The quantitative estimate of drug-likeness (QED) is 0.611. The number of H-pyrrole nitrogens is 1. The lowest BCUT2D eigenvalue weighted by Gasteiger charge is -2.22. The highest BCUT2D eigenvalue weighted by Gasteiger charge is 2.32. The van der Waals surface area contributed by atoms with E-state index in [4.69, 9.17) is 13.8 Å². The van der Waals surface area contributed by atoms with Crippen molar-refractivity contribution >= 4 is 18.8 Å². The van der Waals surface area contributed by atoms with E-state index in [2.05, 4.69) is 20.3 Å². The molecule has 3 heterocycles. The SMILES string of the molecule is CCOP(=O)(CCO[C@@H]1CNC[C@H]1n1cnc2c(=O)[nH]cnc21)OCC. The second-order valence-electron chi connectivity index (χ2n) is 5.86. The maximum absolute atomic E-state index is 12.5. The number of nitrogens with zero attached hydrogens (tertiary/aromatic N) is 3. The van der Waals surface area contributed by atoms with Crippen molar-refractivity contribution < 1.29 is 18.3 Å². The molecule has 2 N–H and O–H groups in total. The predicted molar refractivity (Wildman–Crippen MR) is 95.5 cm³/mol. The molecule has 1 aliphatic rings. The van der Waals surface area contributed by atoms with Gasteiger partial charge in [0.15, 0.2) is 11.2 Å². The lowest BCUT2D eigenvalue weighted by Crippen LogP contribution is -2.27. The first kappa shape index (κ1) is 19.2. The third-order valence-electron chi connectivity index (χ3n) is 4.20. The molecule has 26 heavy (non-hydrogen) atoms. The number of fused-ring (bicyclic) bond motifs is 1. The van der Waals surface area contributed by atoms with Crippen LogP contribution in [0.3, 0.4) is 0 Å². The summed E-state index contributed by atoms with van der Waals surface area (Å²) in [7, 11) is -3.12. The van der Waals surface area contributed by atoms with Crippen LogP contribution in [0.1, 0.15) is 19.9 Å². The van der Waals surface area contributed by atoms with Gasteiger partial charge in [-0.25, -0.2) is 9.97 Å². The van der Waals surface area contributed by atoms with E-state index in [0.717, 1.165) is 0 Å². The van der Waals surface area contributed by atoms with Crippen molar-refractivity contribution in [3.8, 4) is 0 Å². The number of nitrogens with one attached hydrogen (secondary N) is 2. The molecule has 1 aliphatic heterocycles. The van der Waals surface area contributed by atoms with Gasteiger partial charge in [0.2, 0.25) is 0 Å². The Morgan fingerprint density at radius 2 is 2.04 bits per heavy atom. The Balaban J connectivity index is 1.68. The summed E-state index contributed by atoms with van der Waals surface area (Å²) in [6.45, 7) is 5.77. The molecule has 11 heteroatoms. The van der Waals surface area contributed by atoms with Crippen LogP contribution in [-0.4, -0.2) is 64.7 Å². The minimum atomic E-state index is -3.12. The van der Waals surface area contributed by atoms with Gasteiger partial charge in [0, 0.05) is 13.1 Å². The van der Waals surface area contributed by atoms with Gasteiger partial charge >= 0.3 is 7.60 Å². The fourth-order valence-electron chi connectivity index (χ4n) is 3.07. The maximum atomic E-state index is 12.5. The Bertz CT molecular complexity index is 827. The summed E-state index contributed by atoms with van der Waals surface area (Å²) in [5.74, 6) is 0. The first-order chi connectivity index (χ1) is 12.6. The van der Waals surface area contributed by atoms with Crippen LogP contribution in [-0.2, 0) is 18.3 Å². The number of rotatable bonds is 9. The molecule has 2 aromatic rings. The fourth-order valence-corrected chi connectivity index (χ4v) is 4.52. The second-order valence-corrected chi connectivity index (χ2v) is 8.05. The molecule has 0 unspecified atom stereocenters. The molecule has 1 saturated heterocycles. The average molecular weight is 385 g/mol. The molecule has 0 radical (unpaired) electrons. The molecule has 2 aromatic heterocycles. The smallest absolute Gasteiger partial charge is 0.332 e. The van der Waals surface area contributed by atoms with Crippen molar-refractivity contribution in [2.75, 3.05) is 39.1 Å². The zero-order valence-electron chi connectivity index (χ0n) is 14.9. The molecule has 0 spiro atoms. The highest BCUT2D eigenvalue weighted by atomic mass is 31.2. The number of hydrogen-bond acceptors (Lipinski definition) is 8. The molecular formula is C15H24N5O5P. The van der Waals surface area contributed by atoms with E-state index in [1.807, 2.05) is 4.57 Å². The van der Waals surface area contributed by atoms with E-state index < -0.39 is 7.60 Å². The normalized spacial score (nSPS) is 20.8. The van der Waals surface area contributed by atoms with Gasteiger partial charge in [-0.1, -0.05) is 0 Å². The topological polar surface area (TPSA) is 120 Å². The summed E-state index contributed by atoms with van der Waals surface area (Å²) in [6, 6.07) is -0.0622. The number of imidazole rings is 1. The van der Waals surface area contributed by atoms with Crippen LogP contribution in [0, 0.1) is 0 Å². The third-order valence-corrected chi connectivity index (χ3v) is 6.23. The molecule has 10 nitrogen and oxygen atoms in total. The van der Waals surface area contributed by atoms with Crippen LogP contribution in [0.25, 0.3) is 11.2 Å². The lowest BCUT2D eigenvalue weighted by atomic mass is 10.2. The third kappa shape index (κ3) is 4.05. The Hall–Kier alpha value is -1.58. The number of hydrogen-bond donors (Lipinski definition) is 2. The van der Waals surface area contributed by atoms with Gasteiger partial charge in [0.05, 0.1) is 50.8 Å². The van der Waals surface area contributed by atoms with E-state index in [1.165, 1.54) is 6.33 Å². The molecule has 0 saturated carbocycles. The minimum Gasteiger partial charge on any atom is -0.374 e. The molecule has 144 valence electrons. The molecule has 3 rings (SSSR count). The Kier molecular flexibility index (Phi) is 6.20. The van der Waals surface area contributed by atoms with Crippen molar-refractivity contribution in [2.24, 2.45) is 0 Å². The summed E-state index contributed by atoms with van der Waals surface area (Å²) in [5.41, 5.74) is 0.548. The lowest BCUT2D eigenvalue weighted by molar-refractivity contribution is 0.0490. The van der Waals surface area contributed by atoms with Crippen LogP contribution >= 0.6 is 7.60 Å². The Morgan fingerprint density at radius 1 is 1.27 bits per heavy atom. The van der Waals surface area contributed by atoms with Gasteiger partial charge in [0.25, 0.3) is 5.56 Å². The average Bonchev–Trinajstić information content (AvgIpc) is 3.22. The number of aromatic amines is 1. The van der Waals surface area contributed by atoms with E-state index >= 15 is 0 Å². The van der Waals surface area contributed by atoms with E-state index in [-0.39, 0.29) is 30.5 Å². The van der Waals surface area contributed by atoms with Gasteiger partial charge in [-0.2, -0.15) is 0 Å². The van der Waals surface area contributed by atoms with Gasteiger partial charge in [-0.05, 0) is 13.8 Å². The summed E-state index contributed by atoms with van der Waals surface area (Å²) in [5, 5.41) is 3.27. The largest absolute Gasteiger partial charge is 0.374 e. The van der Waals surface area contributed by atoms with Crippen LogP contribution in [0.15, 0.2) is 17.4 Å². The minimum absolute atomic E-state index is 0.0622.